The van der Waals surface area contributed by atoms with Crippen molar-refractivity contribution in [3.05, 3.63) is 22.4 Å². The molecule has 5 nitrogen and oxygen atoms in total. The second-order valence-electron chi connectivity index (χ2n) is 6.55. The zero-order chi connectivity index (χ0) is 16.9. The van der Waals surface area contributed by atoms with Gasteiger partial charge in [-0.1, -0.05) is 6.07 Å². The number of fused-ring (bicyclic) bond motifs is 1. The predicted molar refractivity (Wildman–Crippen MR) is 93.9 cm³/mol. The molecule has 0 saturated carbocycles. The summed E-state index contributed by atoms with van der Waals surface area (Å²) in [7, 11) is 0. The number of thiophene rings is 1. The van der Waals surface area contributed by atoms with Gasteiger partial charge < -0.3 is 14.5 Å². The van der Waals surface area contributed by atoms with Crippen molar-refractivity contribution in [1.29, 1.82) is 0 Å². The third-order valence-corrected chi connectivity index (χ3v) is 6.04. The first-order chi connectivity index (χ1) is 11.7. The SMILES string of the molecule is CCOCC(=O)N1CC[C@@H]2[C@@H](CCC(=O)N2CCc2cccs2)C1. The minimum atomic E-state index is 0.0809. The van der Waals surface area contributed by atoms with E-state index < -0.39 is 0 Å². The van der Waals surface area contributed by atoms with E-state index in [1.54, 1.807) is 11.3 Å². The fraction of sp³-hybridized carbons (Fsp3) is 0.667. The molecule has 2 aliphatic heterocycles. The smallest absolute Gasteiger partial charge is 0.248 e. The van der Waals surface area contributed by atoms with Gasteiger partial charge in [0.1, 0.15) is 6.61 Å². The number of nitrogens with zero attached hydrogens (tertiary/aromatic N) is 2. The number of likely N-dealkylation sites (tertiary alicyclic amines) is 2. The van der Waals surface area contributed by atoms with E-state index in [0.29, 0.717) is 25.0 Å². The molecule has 0 aromatic carbocycles. The number of piperidine rings is 2. The van der Waals surface area contributed by atoms with Crippen LogP contribution in [0.15, 0.2) is 17.5 Å². The van der Waals surface area contributed by atoms with Gasteiger partial charge in [-0.15, -0.1) is 11.3 Å². The van der Waals surface area contributed by atoms with Crippen molar-refractivity contribution >= 4 is 23.2 Å². The van der Waals surface area contributed by atoms with Gasteiger partial charge in [-0.2, -0.15) is 0 Å². The van der Waals surface area contributed by atoms with E-state index in [0.717, 1.165) is 38.9 Å². The summed E-state index contributed by atoms with van der Waals surface area (Å²) in [5, 5.41) is 2.08. The monoisotopic (exact) mass is 350 g/mol. The molecule has 2 amide bonds. The van der Waals surface area contributed by atoms with Gasteiger partial charge in [-0.3, -0.25) is 9.59 Å². The second-order valence-corrected chi connectivity index (χ2v) is 7.58. The summed E-state index contributed by atoms with van der Waals surface area (Å²) in [4.78, 5) is 29.9. The predicted octanol–water partition coefficient (Wildman–Crippen LogP) is 2.17. The molecule has 0 aliphatic carbocycles. The summed E-state index contributed by atoms with van der Waals surface area (Å²) in [6.45, 7) is 4.94. The molecule has 24 heavy (non-hydrogen) atoms. The highest BCUT2D eigenvalue weighted by atomic mass is 32.1. The first kappa shape index (κ1) is 17.4. The molecule has 2 fully saturated rings. The van der Waals surface area contributed by atoms with Crippen LogP contribution in [0.2, 0.25) is 0 Å². The third-order valence-electron chi connectivity index (χ3n) is 5.11. The van der Waals surface area contributed by atoms with Crippen molar-refractivity contribution in [2.75, 3.05) is 32.8 Å². The molecule has 1 aromatic heterocycles. The van der Waals surface area contributed by atoms with Crippen molar-refractivity contribution in [2.24, 2.45) is 5.92 Å². The fourth-order valence-electron chi connectivity index (χ4n) is 3.83. The molecule has 3 rings (SSSR count). The van der Waals surface area contributed by atoms with Gasteiger partial charge in [0, 0.05) is 43.6 Å². The Morgan fingerprint density at radius 3 is 3.04 bits per heavy atom. The molecule has 1 aromatic rings. The molecule has 0 radical (unpaired) electrons. The average Bonchev–Trinajstić information content (AvgIpc) is 3.12. The van der Waals surface area contributed by atoms with E-state index >= 15 is 0 Å². The number of amides is 2. The zero-order valence-corrected chi connectivity index (χ0v) is 15.1. The van der Waals surface area contributed by atoms with Crippen LogP contribution in [-0.2, 0) is 20.7 Å². The molecule has 2 saturated heterocycles. The molecule has 0 N–H and O–H groups in total. The van der Waals surface area contributed by atoms with Gasteiger partial charge in [0.25, 0.3) is 0 Å². The summed E-state index contributed by atoms with van der Waals surface area (Å²) in [6, 6.07) is 4.48. The standard InChI is InChI=1S/C18H26N2O3S/c1-2-23-13-18(22)19-9-8-16-14(12-19)5-6-17(21)20(16)10-7-15-4-3-11-24-15/h3-4,11,14,16H,2,5-10,12-13H2,1H3/t14-,16+/m0/s1. The molecule has 0 spiro atoms. The summed E-state index contributed by atoms with van der Waals surface area (Å²) in [5.41, 5.74) is 0. The molecular weight excluding hydrogens is 324 g/mol. The summed E-state index contributed by atoms with van der Waals surface area (Å²) >= 11 is 1.75. The first-order valence-corrected chi connectivity index (χ1v) is 9.74. The quantitative estimate of drug-likeness (QED) is 0.790. The lowest BCUT2D eigenvalue weighted by Crippen LogP contribution is -2.57. The maximum atomic E-state index is 12.4. The highest BCUT2D eigenvalue weighted by molar-refractivity contribution is 7.09. The van der Waals surface area contributed by atoms with Gasteiger partial charge in [-0.05, 0) is 43.6 Å². The Kier molecular flexibility index (Phi) is 5.89. The van der Waals surface area contributed by atoms with E-state index in [1.165, 1.54) is 4.88 Å². The molecule has 2 atom stereocenters. The highest BCUT2D eigenvalue weighted by Crippen LogP contribution is 2.31. The molecule has 132 valence electrons. The van der Waals surface area contributed by atoms with Gasteiger partial charge in [0.15, 0.2) is 0 Å². The molecule has 2 aliphatic rings. The summed E-state index contributed by atoms with van der Waals surface area (Å²) in [5.74, 6) is 0.768. The van der Waals surface area contributed by atoms with E-state index in [4.69, 9.17) is 4.74 Å². The molecule has 0 bridgehead atoms. The van der Waals surface area contributed by atoms with Crippen molar-refractivity contribution < 1.29 is 14.3 Å². The molecule has 3 heterocycles. The Morgan fingerprint density at radius 1 is 1.42 bits per heavy atom. The average molecular weight is 350 g/mol. The summed E-state index contributed by atoms with van der Waals surface area (Å²) in [6.07, 6.45) is 3.33. The lowest BCUT2D eigenvalue weighted by Gasteiger charge is -2.47. The number of rotatable bonds is 6. The Labute approximate surface area is 147 Å². The maximum Gasteiger partial charge on any atom is 0.248 e. The van der Waals surface area contributed by atoms with Crippen LogP contribution < -0.4 is 0 Å². The highest BCUT2D eigenvalue weighted by Gasteiger charge is 2.39. The van der Waals surface area contributed by atoms with Crippen molar-refractivity contribution in [1.82, 2.24) is 9.80 Å². The van der Waals surface area contributed by atoms with Crippen molar-refractivity contribution in [3.8, 4) is 0 Å². The van der Waals surface area contributed by atoms with Crippen LogP contribution in [0.25, 0.3) is 0 Å². The van der Waals surface area contributed by atoms with E-state index in [2.05, 4.69) is 22.4 Å². The Balaban J connectivity index is 1.58. The van der Waals surface area contributed by atoms with E-state index in [9.17, 15) is 9.59 Å². The van der Waals surface area contributed by atoms with E-state index in [1.807, 2.05) is 11.8 Å². The Bertz CT molecular complexity index is 561. The van der Waals surface area contributed by atoms with Gasteiger partial charge in [0.05, 0.1) is 0 Å². The molecular formula is C18H26N2O3S. The van der Waals surface area contributed by atoms with Crippen LogP contribution >= 0.6 is 11.3 Å². The van der Waals surface area contributed by atoms with Crippen LogP contribution in [0.4, 0.5) is 0 Å². The fourth-order valence-corrected chi connectivity index (χ4v) is 4.53. The number of carbonyl (C=O) groups excluding carboxylic acids is 2. The molecule has 6 heteroatoms. The molecule has 0 unspecified atom stereocenters. The minimum Gasteiger partial charge on any atom is -0.372 e. The lowest BCUT2D eigenvalue weighted by molar-refractivity contribution is -0.146. The number of carbonyl (C=O) groups is 2. The van der Waals surface area contributed by atoms with Crippen LogP contribution in [0.5, 0.6) is 0 Å². The second kappa shape index (κ2) is 8.12. The van der Waals surface area contributed by atoms with Gasteiger partial charge >= 0.3 is 0 Å². The third kappa shape index (κ3) is 3.98. The zero-order valence-electron chi connectivity index (χ0n) is 14.3. The summed E-state index contributed by atoms with van der Waals surface area (Å²) < 4.78 is 5.25. The largest absolute Gasteiger partial charge is 0.372 e. The number of ether oxygens (including phenoxy) is 1. The van der Waals surface area contributed by atoms with Crippen molar-refractivity contribution in [2.45, 2.75) is 38.6 Å². The Morgan fingerprint density at radius 2 is 2.29 bits per heavy atom. The number of hydrogen-bond acceptors (Lipinski definition) is 4. The van der Waals surface area contributed by atoms with Crippen LogP contribution in [0.3, 0.4) is 0 Å². The van der Waals surface area contributed by atoms with Crippen molar-refractivity contribution in [3.63, 3.8) is 0 Å². The topological polar surface area (TPSA) is 49.9 Å². The van der Waals surface area contributed by atoms with Crippen LogP contribution in [0, 0.1) is 5.92 Å². The van der Waals surface area contributed by atoms with Crippen LogP contribution in [-0.4, -0.2) is 60.5 Å². The minimum absolute atomic E-state index is 0.0809. The number of hydrogen-bond donors (Lipinski definition) is 0. The van der Waals surface area contributed by atoms with Crippen LogP contribution in [0.1, 0.15) is 31.1 Å². The Hall–Kier alpha value is -1.40. The van der Waals surface area contributed by atoms with Gasteiger partial charge in [0.2, 0.25) is 11.8 Å². The lowest BCUT2D eigenvalue weighted by atomic mass is 9.83. The van der Waals surface area contributed by atoms with E-state index in [-0.39, 0.29) is 18.4 Å². The maximum absolute atomic E-state index is 12.4. The normalized spacial score (nSPS) is 24.1. The first-order valence-electron chi connectivity index (χ1n) is 8.86. The van der Waals surface area contributed by atoms with Gasteiger partial charge in [-0.25, -0.2) is 0 Å².